The van der Waals surface area contributed by atoms with E-state index in [9.17, 15) is 0 Å². The number of nitrogens with zero attached hydrogens (tertiary/aromatic N) is 2. The second kappa shape index (κ2) is 4.55. The Kier molecular flexibility index (Phi) is 2.89. The van der Waals surface area contributed by atoms with Crippen molar-refractivity contribution < 1.29 is 4.74 Å². The van der Waals surface area contributed by atoms with E-state index in [1.165, 1.54) is 17.7 Å². The fourth-order valence-electron chi connectivity index (χ4n) is 1.57. The Labute approximate surface area is 116 Å². The van der Waals surface area contributed by atoms with Crippen molar-refractivity contribution in [2.45, 2.75) is 0 Å². The van der Waals surface area contributed by atoms with E-state index in [4.69, 9.17) is 10.5 Å². The van der Waals surface area contributed by atoms with Crippen molar-refractivity contribution in [3.05, 3.63) is 40.4 Å². The number of thiophene rings is 1. The third-order valence-corrected chi connectivity index (χ3v) is 3.92. The van der Waals surface area contributed by atoms with Crippen LogP contribution in [0.4, 0.5) is 5.69 Å². The molecule has 0 unspecified atom stereocenters. The first-order chi connectivity index (χ1) is 8.75. The molecule has 0 saturated carbocycles. The largest absolute Gasteiger partial charge is 0.434 e. The molecule has 0 amide bonds. The lowest BCUT2D eigenvalue weighted by atomic mass is 10.3. The number of para-hydroxylation sites is 1. The topological polar surface area (TPSA) is 61.0 Å². The highest BCUT2D eigenvalue weighted by Crippen LogP contribution is 2.37. The molecule has 3 aromatic rings. The molecule has 0 spiro atoms. The number of rotatable bonds is 2. The molecule has 6 heteroatoms. The van der Waals surface area contributed by atoms with E-state index >= 15 is 0 Å². The van der Waals surface area contributed by atoms with Crippen molar-refractivity contribution in [3.8, 4) is 11.6 Å². The van der Waals surface area contributed by atoms with Gasteiger partial charge in [-0.1, -0.05) is 6.07 Å². The highest BCUT2D eigenvalue weighted by Gasteiger charge is 2.11. The lowest BCUT2D eigenvalue weighted by molar-refractivity contribution is 0.468. The maximum atomic E-state index is 5.89. The number of nitrogens with two attached hydrogens (primary N) is 1. The first-order valence-electron chi connectivity index (χ1n) is 5.16. The summed E-state index contributed by atoms with van der Waals surface area (Å²) in [6.45, 7) is 0. The number of benzene rings is 1. The van der Waals surface area contributed by atoms with Crippen molar-refractivity contribution in [2.24, 2.45) is 0 Å². The number of halogens is 1. The quantitative estimate of drug-likeness (QED) is 0.729. The molecule has 3 rings (SSSR count). The molecule has 90 valence electrons. The summed E-state index contributed by atoms with van der Waals surface area (Å²) in [5.41, 5.74) is 7.33. The smallest absolute Gasteiger partial charge is 0.240 e. The van der Waals surface area contributed by atoms with E-state index in [1.807, 2.05) is 23.6 Å². The third kappa shape index (κ3) is 1.93. The highest BCUT2D eigenvalue weighted by molar-refractivity contribution is 9.10. The summed E-state index contributed by atoms with van der Waals surface area (Å²) in [5.74, 6) is 1.10. The first kappa shape index (κ1) is 11.4. The van der Waals surface area contributed by atoms with Gasteiger partial charge in [-0.3, -0.25) is 0 Å². The van der Waals surface area contributed by atoms with Crippen molar-refractivity contribution in [2.75, 3.05) is 5.73 Å². The molecule has 18 heavy (non-hydrogen) atoms. The van der Waals surface area contributed by atoms with E-state index in [2.05, 4.69) is 25.9 Å². The Morgan fingerprint density at radius 3 is 2.94 bits per heavy atom. The Morgan fingerprint density at radius 2 is 2.11 bits per heavy atom. The molecular weight excluding hydrogens is 314 g/mol. The molecule has 0 saturated heterocycles. The zero-order chi connectivity index (χ0) is 12.5. The van der Waals surface area contributed by atoms with Gasteiger partial charge >= 0.3 is 0 Å². The van der Waals surface area contributed by atoms with Gasteiger partial charge in [-0.25, -0.2) is 9.97 Å². The van der Waals surface area contributed by atoms with Gasteiger partial charge in [0.25, 0.3) is 0 Å². The van der Waals surface area contributed by atoms with Crippen LogP contribution in [-0.4, -0.2) is 9.97 Å². The summed E-state index contributed by atoms with van der Waals surface area (Å²) >= 11 is 4.95. The normalized spacial score (nSPS) is 10.7. The molecule has 1 aromatic carbocycles. The minimum atomic E-state index is 0.522. The molecular formula is C12H8BrN3OS. The van der Waals surface area contributed by atoms with Crippen LogP contribution in [0, 0.1) is 0 Å². The molecule has 2 aromatic heterocycles. The monoisotopic (exact) mass is 321 g/mol. The van der Waals surface area contributed by atoms with E-state index < -0.39 is 0 Å². The summed E-state index contributed by atoms with van der Waals surface area (Å²) in [6, 6.07) is 7.44. The minimum Gasteiger partial charge on any atom is -0.434 e. The number of fused-ring (bicyclic) bond motifs is 1. The van der Waals surface area contributed by atoms with Gasteiger partial charge < -0.3 is 10.5 Å². The molecule has 2 heterocycles. The van der Waals surface area contributed by atoms with Gasteiger partial charge in [0.15, 0.2) is 5.75 Å². The molecule has 0 aliphatic rings. The highest BCUT2D eigenvalue weighted by atomic mass is 79.9. The number of aromatic nitrogens is 2. The number of anilines is 1. The van der Waals surface area contributed by atoms with Gasteiger partial charge in [0.1, 0.15) is 11.0 Å². The molecule has 0 fully saturated rings. The van der Waals surface area contributed by atoms with Crippen LogP contribution >= 0.6 is 27.3 Å². The van der Waals surface area contributed by atoms with Crippen LogP contribution in [0.25, 0.3) is 10.2 Å². The van der Waals surface area contributed by atoms with Gasteiger partial charge in [-0.15, -0.1) is 11.3 Å². The Morgan fingerprint density at radius 1 is 1.22 bits per heavy atom. The van der Waals surface area contributed by atoms with Gasteiger partial charge in [-0.05, 0) is 39.5 Å². The van der Waals surface area contributed by atoms with E-state index in [1.54, 1.807) is 6.07 Å². The summed E-state index contributed by atoms with van der Waals surface area (Å²) in [7, 11) is 0. The zero-order valence-electron chi connectivity index (χ0n) is 9.13. The fourth-order valence-corrected chi connectivity index (χ4v) is 2.80. The molecule has 0 aliphatic heterocycles. The van der Waals surface area contributed by atoms with E-state index in [-0.39, 0.29) is 0 Å². The second-order valence-corrected chi connectivity index (χ2v) is 5.34. The molecule has 0 radical (unpaired) electrons. The average molecular weight is 322 g/mol. The SMILES string of the molecule is Nc1cccc(Br)c1Oc1ncnc2ccsc12. The summed E-state index contributed by atoms with van der Waals surface area (Å²) < 4.78 is 7.51. The van der Waals surface area contributed by atoms with Gasteiger partial charge in [0.05, 0.1) is 15.7 Å². The predicted octanol–water partition coefficient (Wildman–Crippen LogP) is 3.83. The van der Waals surface area contributed by atoms with Crippen LogP contribution in [-0.2, 0) is 0 Å². The van der Waals surface area contributed by atoms with Crippen LogP contribution in [0.2, 0.25) is 0 Å². The van der Waals surface area contributed by atoms with Gasteiger partial charge in [0, 0.05) is 0 Å². The van der Waals surface area contributed by atoms with Crippen LogP contribution in [0.5, 0.6) is 11.6 Å². The Hall–Kier alpha value is -1.66. The van der Waals surface area contributed by atoms with E-state index in [0.29, 0.717) is 17.3 Å². The van der Waals surface area contributed by atoms with Crippen LogP contribution in [0.1, 0.15) is 0 Å². The molecule has 0 bridgehead atoms. The number of hydrogen-bond donors (Lipinski definition) is 1. The van der Waals surface area contributed by atoms with Crippen LogP contribution < -0.4 is 10.5 Å². The van der Waals surface area contributed by atoms with Crippen molar-refractivity contribution in [1.29, 1.82) is 0 Å². The minimum absolute atomic E-state index is 0.522. The van der Waals surface area contributed by atoms with Crippen molar-refractivity contribution in [3.63, 3.8) is 0 Å². The molecule has 0 atom stereocenters. The second-order valence-electron chi connectivity index (χ2n) is 3.57. The Balaban J connectivity index is 2.09. The summed E-state index contributed by atoms with van der Waals surface area (Å²) in [6.07, 6.45) is 1.48. The lowest BCUT2D eigenvalue weighted by Gasteiger charge is -2.09. The molecule has 2 N–H and O–H groups in total. The van der Waals surface area contributed by atoms with E-state index in [0.717, 1.165) is 14.7 Å². The summed E-state index contributed by atoms with van der Waals surface area (Å²) in [4.78, 5) is 8.32. The Bertz CT molecular complexity index is 693. The predicted molar refractivity (Wildman–Crippen MR) is 76.0 cm³/mol. The zero-order valence-corrected chi connectivity index (χ0v) is 11.5. The van der Waals surface area contributed by atoms with Crippen LogP contribution in [0.15, 0.2) is 40.4 Å². The molecule has 4 nitrogen and oxygen atoms in total. The van der Waals surface area contributed by atoms with Gasteiger partial charge in [-0.2, -0.15) is 0 Å². The average Bonchev–Trinajstić information content (AvgIpc) is 2.83. The standard InChI is InChI=1S/C12H8BrN3OS/c13-7-2-1-3-8(14)10(7)17-12-11-9(4-5-18-11)15-6-16-12/h1-6H,14H2. The number of nitrogen functional groups attached to an aromatic ring is 1. The van der Waals surface area contributed by atoms with Crippen molar-refractivity contribution in [1.82, 2.24) is 9.97 Å². The summed E-state index contributed by atoms with van der Waals surface area (Å²) in [5, 5.41) is 1.95. The van der Waals surface area contributed by atoms with Crippen molar-refractivity contribution >= 4 is 43.2 Å². The van der Waals surface area contributed by atoms with Gasteiger partial charge in [0.2, 0.25) is 5.88 Å². The maximum Gasteiger partial charge on any atom is 0.240 e. The lowest BCUT2D eigenvalue weighted by Crippen LogP contribution is -1.95. The first-order valence-corrected chi connectivity index (χ1v) is 6.83. The maximum absolute atomic E-state index is 5.89. The molecule has 0 aliphatic carbocycles. The van der Waals surface area contributed by atoms with Crippen LogP contribution in [0.3, 0.4) is 0 Å². The third-order valence-electron chi connectivity index (χ3n) is 2.41. The fraction of sp³-hybridized carbons (Fsp3) is 0. The number of hydrogen-bond acceptors (Lipinski definition) is 5. The number of ether oxygens (including phenoxy) is 1.